The van der Waals surface area contributed by atoms with Crippen LogP contribution in [0.2, 0.25) is 0 Å². The maximum absolute atomic E-state index is 13.5. The molecular weight excluding hydrogens is 299 g/mol. The molecule has 0 unspecified atom stereocenters. The van der Waals surface area contributed by atoms with E-state index in [1.54, 1.807) is 11.4 Å². The van der Waals surface area contributed by atoms with Crippen molar-refractivity contribution in [3.8, 4) is 11.8 Å². The number of anilines is 1. The summed E-state index contributed by atoms with van der Waals surface area (Å²) in [5, 5.41) is 1.66. The molecule has 3 N–H and O–H groups in total. The molecule has 0 saturated heterocycles. The molecule has 0 atom stereocenters. The second-order valence-corrected chi connectivity index (χ2v) is 6.60. The summed E-state index contributed by atoms with van der Waals surface area (Å²) in [5.74, 6) is 4.55. The van der Waals surface area contributed by atoms with Crippen LogP contribution in [0.4, 0.5) is 10.1 Å². The lowest BCUT2D eigenvalue weighted by molar-refractivity contribution is 0.603. The molecule has 20 heavy (non-hydrogen) atoms. The van der Waals surface area contributed by atoms with Gasteiger partial charge < -0.3 is 5.73 Å². The number of benzene rings is 1. The molecule has 0 aliphatic carbocycles. The van der Waals surface area contributed by atoms with Gasteiger partial charge in [-0.25, -0.2) is 12.8 Å². The maximum atomic E-state index is 13.5. The van der Waals surface area contributed by atoms with Gasteiger partial charge >= 0.3 is 0 Å². The fraction of sp³-hybridized carbons (Fsp3) is 0.0769. The second kappa shape index (κ2) is 6.05. The Bertz CT molecular complexity index is 759. The minimum absolute atomic E-state index is 0.0989. The van der Waals surface area contributed by atoms with Gasteiger partial charge in [0.2, 0.25) is 0 Å². The van der Waals surface area contributed by atoms with Gasteiger partial charge in [-0.05, 0) is 29.6 Å². The van der Waals surface area contributed by atoms with Crippen LogP contribution >= 0.6 is 11.3 Å². The predicted octanol–water partition coefficient (Wildman–Crippen LogP) is 2.00. The molecule has 0 aliphatic rings. The standard InChI is InChI=1S/C13H11FN2O2S2/c14-12-6-5-11(9-10(12)3-1-7-15)16-20(17,18)13-4-2-8-19-13/h2,4-6,8-9,16H,7,15H2. The third kappa shape index (κ3) is 3.36. The molecule has 4 nitrogen and oxygen atoms in total. The molecule has 104 valence electrons. The Hall–Kier alpha value is -1.88. The molecule has 0 bridgehead atoms. The number of nitrogens with one attached hydrogen (secondary N) is 1. The quantitative estimate of drug-likeness (QED) is 0.852. The zero-order valence-corrected chi connectivity index (χ0v) is 11.9. The summed E-state index contributed by atoms with van der Waals surface area (Å²) in [6.07, 6.45) is 0. The normalized spacial score (nSPS) is 10.7. The van der Waals surface area contributed by atoms with Crippen molar-refractivity contribution in [3.63, 3.8) is 0 Å². The zero-order chi connectivity index (χ0) is 14.6. The van der Waals surface area contributed by atoms with E-state index < -0.39 is 15.8 Å². The summed E-state index contributed by atoms with van der Waals surface area (Å²) >= 11 is 1.10. The smallest absolute Gasteiger partial charge is 0.271 e. The molecule has 0 fully saturated rings. The van der Waals surface area contributed by atoms with Crippen molar-refractivity contribution in [2.45, 2.75) is 4.21 Å². The van der Waals surface area contributed by atoms with Crippen molar-refractivity contribution >= 4 is 27.0 Å². The maximum Gasteiger partial charge on any atom is 0.271 e. The van der Waals surface area contributed by atoms with Crippen molar-refractivity contribution < 1.29 is 12.8 Å². The van der Waals surface area contributed by atoms with E-state index in [9.17, 15) is 12.8 Å². The van der Waals surface area contributed by atoms with Crippen LogP contribution in [0.1, 0.15) is 5.56 Å². The van der Waals surface area contributed by atoms with Crippen LogP contribution in [0.15, 0.2) is 39.9 Å². The first kappa shape index (κ1) is 14.5. The Balaban J connectivity index is 2.31. The summed E-state index contributed by atoms with van der Waals surface area (Å²) in [6.45, 7) is 0.102. The van der Waals surface area contributed by atoms with Crippen molar-refractivity contribution in [1.82, 2.24) is 0 Å². The lowest BCUT2D eigenvalue weighted by Gasteiger charge is -2.07. The average Bonchev–Trinajstić information content (AvgIpc) is 2.94. The van der Waals surface area contributed by atoms with Gasteiger partial charge in [0.05, 0.1) is 17.8 Å². The largest absolute Gasteiger partial charge is 0.320 e. The molecule has 7 heteroatoms. The lowest BCUT2D eigenvalue weighted by Crippen LogP contribution is -2.11. The SMILES string of the molecule is NCC#Cc1cc(NS(=O)(=O)c2cccs2)ccc1F. The van der Waals surface area contributed by atoms with Gasteiger partial charge in [-0.3, -0.25) is 4.72 Å². The van der Waals surface area contributed by atoms with Gasteiger partial charge in [0.1, 0.15) is 10.0 Å². The number of sulfonamides is 1. The molecular formula is C13H11FN2O2S2. The Kier molecular flexibility index (Phi) is 4.39. The summed E-state index contributed by atoms with van der Waals surface area (Å²) in [4.78, 5) is 0. The van der Waals surface area contributed by atoms with E-state index in [-0.39, 0.29) is 22.0 Å². The van der Waals surface area contributed by atoms with Crippen molar-refractivity contribution in [2.24, 2.45) is 5.73 Å². The molecule has 2 rings (SSSR count). The van der Waals surface area contributed by atoms with Crippen LogP contribution in [0, 0.1) is 17.7 Å². The van der Waals surface area contributed by atoms with Crippen LogP contribution in [-0.4, -0.2) is 15.0 Å². The van der Waals surface area contributed by atoms with Crippen molar-refractivity contribution in [3.05, 3.63) is 47.1 Å². The van der Waals surface area contributed by atoms with Gasteiger partial charge in [0, 0.05) is 0 Å². The van der Waals surface area contributed by atoms with E-state index in [2.05, 4.69) is 16.6 Å². The molecule has 0 spiro atoms. The Morgan fingerprint density at radius 3 is 2.80 bits per heavy atom. The summed E-state index contributed by atoms with van der Waals surface area (Å²) in [7, 11) is -3.65. The van der Waals surface area contributed by atoms with E-state index in [4.69, 9.17) is 5.73 Å². The first-order chi connectivity index (χ1) is 9.53. The van der Waals surface area contributed by atoms with Gasteiger partial charge in [-0.15, -0.1) is 11.3 Å². The fourth-order valence-corrected chi connectivity index (χ4v) is 3.50. The third-order valence-corrected chi connectivity index (χ3v) is 5.08. The van der Waals surface area contributed by atoms with Crippen LogP contribution < -0.4 is 10.5 Å². The first-order valence-electron chi connectivity index (χ1n) is 5.58. The number of hydrogen-bond donors (Lipinski definition) is 2. The van der Waals surface area contributed by atoms with Crippen LogP contribution in [0.3, 0.4) is 0 Å². The topological polar surface area (TPSA) is 72.2 Å². The first-order valence-corrected chi connectivity index (χ1v) is 7.94. The van der Waals surface area contributed by atoms with Crippen LogP contribution in [0.25, 0.3) is 0 Å². The summed E-state index contributed by atoms with van der Waals surface area (Å²) in [5.41, 5.74) is 5.57. The fourth-order valence-electron chi connectivity index (χ4n) is 1.45. The zero-order valence-electron chi connectivity index (χ0n) is 10.3. The molecule has 1 heterocycles. The van der Waals surface area contributed by atoms with Gasteiger partial charge in [0.15, 0.2) is 0 Å². The van der Waals surface area contributed by atoms with E-state index in [0.29, 0.717) is 0 Å². The number of thiophene rings is 1. The van der Waals surface area contributed by atoms with Crippen molar-refractivity contribution in [1.29, 1.82) is 0 Å². The second-order valence-electron chi connectivity index (χ2n) is 3.74. The van der Waals surface area contributed by atoms with Gasteiger partial charge in [-0.2, -0.15) is 0 Å². The summed E-state index contributed by atoms with van der Waals surface area (Å²) < 4.78 is 40.1. The van der Waals surface area contributed by atoms with Crippen LogP contribution in [0.5, 0.6) is 0 Å². The molecule has 1 aromatic carbocycles. The van der Waals surface area contributed by atoms with Crippen molar-refractivity contribution in [2.75, 3.05) is 11.3 Å². The van der Waals surface area contributed by atoms with E-state index in [1.165, 1.54) is 18.2 Å². The molecule has 0 saturated carbocycles. The average molecular weight is 310 g/mol. The number of hydrogen-bond acceptors (Lipinski definition) is 4. The van der Waals surface area contributed by atoms with Crippen LogP contribution in [-0.2, 0) is 10.0 Å². The monoisotopic (exact) mass is 310 g/mol. The van der Waals surface area contributed by atoms with E-state index >= 15 is 0 Å². The van der Waals surface area contributed by atoms with Gasteiger partial charge in [-0.1, -0.05) is 17.9 Å². The highest BCUT2D eigenvalue weighted by Gasteiger charge is 2.15. The number of nitrogens with two attached hydrogens (primary N) is 1. The molecule has 0 radical (unpaired) electrons. The molecule has 2 aromatic rings. The Morgan fingerprint density at radius 2 is 2.15 bits per heavy atom. The van der Waals surface area contributed by atoms with Gasteiger partial charge in [0.25, 0.3) is 10.0 Å². The Labute approximate surface area is 120 Å². The number of rotatable bonds is 3. The highest BCUT2D eigenvalue weighted by atomic mass is 32.2. The lowest BCUT2D eigenvalue weighted by atomic mass is 10.2. The minimum atomic E-state index is -3.65. The summed E-state index contributed by atoms with van der Waals surface area (Å²) in [6, 6.07) is 6.97. The van der Waals surface area contributed by atoms with E-state index in [0.717, 1.165) is 17.4 Å². The predicted molar refractivity (Wildman–Crippen MR) is 77.5 cm³/mol. The highest BCUT2D eigenvalue weighted by molar-refractivity contribution is 7.94. The minimum Gasteiger partial charge on any atom is -0.320 e. The molecule has 0 aliphatic heterocycles. The van der Waals surface area contributed by atoms with E-state index in [1.807, 2.05) is 0 Å². The highest BCUT2D eigenvalue weighted by Crippen LogP contribution is 2.21. The molecule has 1 aromatic heterocycles. The number of halogens is 1. The molecule has 0 amide bonds. The Morgan fingerprint density at radius 1 is 1.35 bits per heavy atom. The third-order valence-electron chi connectivity index (χ3n) is 2.30.